The molecule has 108 valence electrons. The summed E-state index contributed by atoms with van der Waals surface area (Å²) < 4.78 is 36.6. The van der Waals surface area contributed by atoms with E-state index in [2.05, 4.69) is 4.72 Å². The van der Waals surface area contributed by atoms with Gasteiger partial charge in [0.05, 0.1) is 25.5 Å². The Kier molecular flexibility index (Phi) is 6.23. The van der Waals surface area contributed by atoms with Crippen LogP contribution in [0.3, 0.4) is 0 Å². The Hall–Kier alpha value is -1.15. The molecule has 0 heterocycles. The SMILES string of the molecule is COCCOCCNS(=O)(=O)c1c(C)cccc1N. The van der Waals surface area contributed by atoms with Gasteiger partial charge >= 0.3 is 0 Å². The van der Waals surface area contributed by atoms with E-state index in [4.69, 9.17) is 15.2 Å². The first-order chi connectivity index (χ1) is 8.99. The molecule has 0 bridgehead atoms. The van der Waals surface area contributed by atoms with Crippen LogP contribution in [-0.2, 0) is 19.5 Å². The van der Waals surface area contributed by atoms with Gasteiger partial charge in [-0.15, -0.1) is 0 Å². The first-order valence-electron chi connectivity index (χ1n) is 5.90. The summed E-state index contributed by atoms with van der Waals surface area (Å²) in [5, 5.41) is 0. The number of nitrogen functional groups attached to an aromatic ring is 1. The third-order valence-corrected chi connectivity index (χ3v) is 4.16. The molecule has 0 saturated heterocycles. The van der Waals surface area contributed by atoms with E-state index in [-0.39, 0.29) is 23.7 Å². The lowest BCUT2D eigenvalue weighted by Crippen LogP contribution is -2.29. The van der Waals surface area contributed by atoms with Gasteiger partial charge < -0.3 is 15.2 Å². The minimum absolute atomic E-state index is 0.131. The lowest BCUT2D eigenvalue weighted by molar-refractivity contribution is 0.0736. The summed E-state index contributed by atoms with van der Waals surface area (Å²) in [5.74, 6) is 0. The molecule has 0 aliphatic rings. The van der Waals surface area contributed by atoms with Gasteiger partial charge in [-0.05, 0) is 18.6 Å². The lowest BCUT2D eigenvalue weighted by atomic mass is 10.2. The van der Waals surface area contributed by atoms with E-state index in [1.54, 1.807) is 32.2 Å². The van der Waals surface area contributed by atoms with E-state index < -0.39 is 10.0 Å². The Labute approximate surface area is 113 Å². The highest BCUT2D eigenvalue weighted by atomic mass is 32.2. The second-order valence-corrected chi connectivity index (χ2v) is 5.70. The standard InChI is InChI=1S/C12H20N2O4S/c1-10-4-3-5-11(13)12(10)19(15,16)14-6-7-18-9-8-17-2/h3-5,14H,6-9,13H2,1-2H3. The predicted molar refractivity (Wildman–Crippen MR) is 73.5 cm³/mol. The van der Waals surface area contributed by atoms with Crippen LogP contribution in [-0.4, -0.2) is 41.9 Å². The van der Waals surface area contributed by atoms with E-state index in [1.165, 1.54) is 0 Å². The van der Waals surface area contributed by atoms with Crippen molar-refractivity contribution >= 4 is 15.7 Å². The topological polar surface area (TPSA) is 90.6 Å². The normalized spacial score (nSPS) is 11.7. The number of benzene rings is 1. The minimum Gasteiger partial charge on any atom is -0.398 e. The van der Waals surface area contributed by atoms with E-state index in [9.17, 15) is 8.42 Å². The molecule has 6 nitrogen and oxygen atoms in total. The van der Waals surface area contributed by atoms with Crippen LogP contribution in [0.5, 0.6) is 0 Å². The Bertz CT molecular complexity index is 482. The maximum absolute atomic E-state index is 12.1. The summed E-state index contributed by atoms with van der Waals surface area (Å²) in [6.45, 7) is 3.11. The van der Waals surface area contributed by atoms with Crippen molar-refractivity contribution in [2.24, 2.45) is 0 Å². The van der Waals surface area contributed by atoms with Gasteiger partial charge in [0.15, 0.2) is 0 Å². The molecule has 7 heteroatoms. The highest BCUT2D eigenvalue weighted by Crippen LogP contribution is 2.21. The zero-order valence-electron chi connectivity index (χ0n) is 11.2. The number of nitrogens with two attached hydrogens (primary N) is 1. The van der Waals surface area contributed by atoms with Gasteiger partial charge in [-0.25, -0.2) is 13.1 Å². The van der Waals surface area contributed by atoms with Crippen molar-refractivity contribution in [1.29, 1.82) is 0 Å². The van der Waals surface area contributed by atoms with Crippen molar-refractivity contribution in [2.75, 3.05) is 39.2 Å². The van der Waals surface area contributed by atoms with Crippen molar-refractivity contribution in [3.8, 4) is 0 Å². The third kappa shape index (κ3) is 4.79. The van der Waals surface area contributed by atoms with E-state index >= 15 is 0 Å². The molecule has 0 aliphatic heterocycles. The molecule has 1 aromatic rings. The van der Waals surface area contributed by atoms with Gasteiger partial charge in [0.1, 0.15) is 4.90 Å². The van der Waals surface area contributed by atoms with Crippen molar-refractivity contribution in [1.82, 2.24) is 4.72 Å². The first kappa shape index (κ1) is 15.9. The number of nitrogens with one attached hydrogen (secondary N) is 1. The summed E-state index contributed by atoms with van der Waals surface area (Å²) in [6.07, 6.45) is 0. The molecule has 3 N–H and O–H groups in total. The molecule has 0 aliphatic carbocycles. The smallest absolute Gasteiger partial charge is 0.242 e. The molecule has 0 aromatic heterocycles. The Balaban J connectivity index is 2.57. The maximum atomic E-state index is 12.1. The third-order valence-electron chi connectivity index (χ3n) is 2.48. The minimum atomic E-state index is -3.60. The zero-order valence-corrected chi connectivity index (χ0v) is 12.0. The second kappa shape index (κ2) is 7.44. The predicted octanol–water partition coefficient (Wildman–Crippen LogP) is 0.519. The van der Waals surface area contributed by atoms with E-state index in [1.807, 2.05) is 0 Å². The number of hydrogen-bond donors (Lipinski definition) is 2. The van der Waals surface area contributed by atoms with Crippen LogP contribution >= 0.6 is 0 Å². The first-order valence-corrected chi connectivity index (χ1v) is 7.39. The van der Waals surface area contributed by atoms with Gasteiger partial charge in [0, 0.05) is 13.7 Å². The largest absolute Gasteiger partial charge is 0.398 e. The average molecular weight is 288 g/mol. The summed E-state index contributed by atoms with van der Waals surface area (Å²) in [4.78, 5) is 0.131. The van der Waals surface area contributed by atoms with Gasteiger partial charge in [-0.3, -0.25) is 0 Å². The van der Waals surface area contributed by atoms with Gasteiger partial charge in [0.25, 0.3) is 0 Å². The van der Waals surface area contributed by atoms with Gasteiger partial charge in [-0.2, -0.15) is 0 Å². The molecular formula is C12H20N2O4S. The van der Waals surface area contributed by atoms with Crippen molar-refractivity contribution in [2.45, 2.75) is 11.8 Å². The average Bonchev–Trinajstić information content (AvgIpc) is 2.33. The summed E-state index contributed by atoms with van der Waals surface area (Å²) in [5.41, 5.74) is 6.57. The molecule has 0 spiro atoms. The number of hydrogen-bond acceptors (Lipinski definition) is 5. The van der Waals surface area contributed by atoms with E-state index in [0.717, 1.165) is 0 Å². The fourth-order valence-corrected chi connectivity index (χ4v) is 2.97. The molecular weight excluding hydrogens is 268 g/mol. The molecule has 0 fully saturated rings. The number of methoxy groups -OCH3 is 1. The molecule has 0 unspecified atom stereocenters. The quantitative estimate of drug-likeness (QED) is 0.537. The molecule has 0 saturated carbocycles. The fraction of sp³-hybridized carbons (Fsp3) is 0.500. The summed E-state index contributed by atoms with van der Waals surface area (Å²) >= 11 is 0. The van der Waals surface area contributed by atoms with Gasteiger partial charge in [0.2, 0.25) is 10.0 Å². The number of anilines is 1. The van der Waals surface area contributed by atoms with Crippen LogP contribution in [0.25, 0.3) is 0 Å². The van der Waals surface area contributed by atoms with E-state index in [0.29, 0.717) is 18.8 Å². The Morgan fingerprint density at radius 2 is 2.00 bits per heavy atom. The van der Waals surface area contributed by atoms with Crippen LogP contribution in [0.15, 0.2) is 23.1 Å². The van der Waals surface area contributed by atoms with Crippen molar-refractivity contribution in [3.05, 3.63) is 23.8 Å². The van der Waals surface area contributed by atoms with Crippen molar-refractivity contribution in [3.63, 3.8) is 0 Å². The molecule has 0 amide bonds. The van der Waals surface area contributed by atoms with Crippen LogP contribution < -0.4 is 10.5 Å². The van der Waals surface area contributed by atoms with Crippen LogP contribution in [0.4, 0.5) is 5.69 Å². The fourth-order valence-electron chi connectivity index (χ4n) is 1.61. The molecule has 0 atom stereocenters. The Morgan fingerprint density at radius 1 is 1.26 bits per heavy atom. The second-order valence-electron chi connectivity index (χ2n) is 4.00. The molecule has 19 heavy (non-hydrogen) atoms. The number of aryl methyl sites for hydroxylation is 1. The van der Waals surface area contributed by atoms with Crippen LogP contribution in [0.2, 0.25) is 0 Å². The highest BCUT2D eigenvalue weighted by molar-refractivity contribution is 7.89. The molecule has 1 rings (SSSR count). The number of ether oxygens (including phenoxy) is 2. The van der Waals surface area contributed by atoms with Gasteiger partial charge in [-0.1, -0.05) is 12.1 Å². The summed E-state index contributed by atoms with van der Waals surface area (Å²) in [6, 6.07) is 4.99. The monoisotopic (exact) mass is 288 g/mol. The van der Waals surface area contributed by atoms with Crippen molar-refractivity contribution < 1.29 is 17.9 Å². The van der Waals surface area contributed by atoms with Crippen LogP contribution in [0.1, 0.15) is 5.56 Å². The zero-order chi connectivity index (χ0) is 14.3. The highest BCUT2D eigenvalue weighted by Gasteiger charge is 2.18. The molecule has 0 radical (unpaired) electrons. The van der Waals surface area contributed by atoms with Crippen LogP contribution in [0, 0.1) is 6.92 Å². The number of sulfonamides is 1. The lowest BCUT2D eigenvalue weighted by Gasteiger charge is -2.11. The summed E-state index contributed by atoms with van der Waals surface area (Å²) in [7, 11) is -2.02. The maximum Gasteiger partial charge on any atom is 0.242 e. The Morgan fingerprint density at radius 3 is 2.63 bits per heavy atom. The molecule has 1 aromatic carbocycles. The number of rotatable bonds is 8.